The average molecular weight is 265 g/mol. The summed E-state index contributed by atoms with van der Waals surface area (Å²) >= 11 is 0. The lowest BCUT2D eigenvalue weighted by atomic mass is 10.2. The molecule has 1 aromatic carbocycles. The predicted octanol–water partition coefficient (Wildman–Crippen LogP) is 1.76. The molecule has 1 rings (SSSR count). The summed E-state index contributed by atoms with van der Waals surface area (Å²) in [6.07, 6.45) is 0.152. The highest BCUT2D eigenvalue weighted by atomic mass is 32.2. The maximum Gasteiger partial charge on any atom is 0.306 e. The lowest BCUT2D eigenvalue weighted by Crippen LogP contribution is -2.18. The van der Waals surface area contributed by atoms with E-state index in [0.29, 0.717) is 11.3 Å². The molecule has 0 saturated heterocycles. The lowest BCUT2D eigenvalue weighted by molar-refractivity contribution is -0.140. The van der Waals surface area contributed by atoms with Crippen molar-refractivity contribution < 1.29 is 13.7 Å². The van der Waals surface area contributed by atoms with E-state index in [-0.39, 0.29) is 17.6 Å². The van der Waals surface area contributed by atoms with E-state index in [4.69, 9.17) is 5.26 Å². The van der Waals surface area contributed by atoms with Crippen LogP contribution in [0.25, 0.3) is 0 Å². The average Bonchev–Trinajstić information content (AvgIpc) is 2.39. The smallest absolute Gasteiger partial charge is 0.306 e. The van der Waals surface area contributed by atoms with Crippen LogP contribution in [-0.4, -0.2) is 22.5 Å². The Kier molecular flexibility index (Phi) is 5.53. The summed E-state index contributed by atoms with van der Waals surface area (Å²) in [5.41, 5.74) is 1.47. The molecule has 0 amide bonds. The molecule has 0 aliphatic rings. The maximum atomic E-state index is 12.0. The van der Waals surface area contributed by atoms with Gasteiger partial charge in [-0.25, -0.2) is 0 Å². The highest BCUT2D eigenvalue weighted by Gasteiger charge is 2.16. The normalized spacial score (nSPS) is 13.4. The Hall–Kier alpha value is -1.67. The van der Waals surface area contributed by atoms with E-state index >= 15 is 0 Å². The van der Waals surface area contributed by atoms with E-state index in [1.54, 1.807) is 31.2 Å². The molecule has 0 saturated carbocycles. The molecule has 1 aromatic rings. The third-order valence-electron chi connectivity index (χ3n) is 2.52. The van der Waals surface area contributed by atoms with Gasteiger partial charge < -0.3 is 4.74 Å². The summed E-state index contributed by atoms with van der Waals surface area (Å²) in [5.74, 6) is 0.0276. The molecule has 96 valence electrons. The van der Waals surface area contributed by atoms with E-state index in [2.05, 4.69) is 4.74 Å². The molecule has 0 aliphatic carbocycles. The van der Waals surface area contributed by atoms with Gasteiger partial charge in [0.15, 0.2) is 0 Å². The first-order valence-electron chi connectivity index (χ1n) is 5.50. The highest BCUT2D eigenvalue weighted by molar-refractivity contribution is 7.84. The molecule has 4 nitrogen and oxygen atoms in total. The number of nitriles is 1. The topological polar surface area (TPSA) is 67.2 Å². The number of methoxy groups -OCH3 is 1. The number of carbonyl (C=O) groups is 1. The summed E-state index contributed by atoms with van der Waals surface area (Å²) in [6.45, 7) is 1.76. The second-order valence-electron chi connectivity index (χ2n) is 3.92. The summed E-state index contributed by atoms with van der Waals surface area (Å²) in [6, 6.07) is 8.97. The number of hydrogen-bond donors (Lipinski definition) is 0. The summed E-state index contributed by atoms with van der Waals surface area (Å²) in [5, 5.41) is 8.42. The van der Waals surface area contributed by atoms with Crippen LogP contribution in [0.4, 0.5) is 0 Å². The highest BCUT2D eigenvalue weighted by Crippen LogP contribution is 2.11. The molecule has 0 fully saturated rings. The van der Waals surface area contributed by atoms with Crippen LogP contribution in [0.1, 0.15) is 24.5 Å². The van der Waals surface area contributed by atoms with E-state index in [1.807, 2.05) is 6.07 Å². The third-order valence-corrected chi connectivity index (χ3v) is 4.20. The Bertz CT molecular complexity index is 476. The van der Waals surface area contributed by atoms with Crippen LogP contribution >= 0.6 is 0 Å². The van der Waals surface area contributed by atoms with E-state index in [0.717, 1.165) is 5.56 Å². The fourth-order valence-corrected chi connectivity index (χ4v) is 2.52. The minimum absolute atomic E-state index is 0.152. The van der Waals surface area contributed by atoms with Crippen LogP contribution in [0.3, 0.4) is 0 Å². The number of carbonyl (C=O) groups excluding carboxylic acids is 1. The number of benzene rings is 1. The number of hydrogen-bond acceptors (Lipinski definition) is 4. The van der Waals surface area contributed by atoms with Gasteiger partial charge in [-0.15, -0.1) is 0 Å². The van der Waals surface area contributed by atoms with Gasteiger partial charge in [-0.3, -0.25) is 9.00 Å². The minimum atomic E-state index is -1.13. The van der Waals surface area contributed by atoms with Gasteiger partial charge in [0.05, 0.1) is 25.2 Å². The quantitative estimate of drug-likeness (QED) is 0.761. The van der Waals surface area contributed by atoms with Gasteiger partial charge in [-0.2, -0.15) is 5.26 Å². The molecular weight excluding hydrogens is 250 g/mol. The fourth-order valence-electron chi connectivity index (χ4n) is 1.39. The van der Waals surface area contributed by atoms with Gasteiger partial charge in [0.25, 0.3) is 0 Å². The van der Waals surface area contributed by atoms with Gasteiger partial charge in [0, 0.05) is 21.8 Å². The minimum Gasteiger partial charge on any atom is -0.469 e. The lowest BCUT2D eigenvalue weighted by Gasteiger charge is -2.10. The maximum absolute atomic E-state index is 12.0. The number of nitrogens with zero attached hydrogens (tertiary/aromatic N) is 1. The van der Waals surface area contributed by atoms with E-state index in [9.17, 15) is 9.00 Å². The van der Waals surface area contributed by atoms with Crippen LogP contribution in [0, 0.1) is 11.3 Å². The van der Waals surface area contributed by atoms with E-state index < -0.39 is 10.8 Å². The SMILES string of the molecule is COC(=O)CC(C)S(=O)Cc1ccc(C#N)cc1. The standard InChI is InChI=1S/C13H15NO3S/c1-10(7-13(15)17-2)18(16)9-12-5-3-11(8-14)4-6-12/h3-6,10H,7,9H2,1-2H3. The van der Waals surface area contributed by atoms with Crippen LogP contribution in [0.5, 0.6) is 0 Å². The molecule has 18 heavy (non-hydrogen) atoms. The summed E-state index contributed by atoms with van der Waals surface area (Å²) < 4.78 is 16.5. The monoisotopic (exact) mass is 265 g/mol. The number of esters is 1. The van der Waals surface area contributed by atoms with Gasteiger partial charge in [0.2, 0.25) is 0 Å². The largest absolute Gasteiger partial charge is 0.469 e. The molecular formula is C13H15NO3S. The van der Waals surface area contributed by atoms with E-state index in [1.165, 1.54) is 7.11 Å². The molecule has 0 bridgehead atoms. The van der Waals surface area contributed by atoms with Crippen LogP contribution in [0.15, 0.2) is 24.3 Å². The zero-order valence-corrected chi connectivity index (χ0v) is 11.2. The molecule has 0 aliphatic heterocycles. The van der Waals surface area contributed by atoms with Crippen molar-refractivity contribution in [3.05, 3.63) is 35.4 Å². The van der Waals surface area contributed by atoms with Gasteiger partial charge in [-0.05, 0) is 17.7 Å². The van der Waals surface area contributed by atoms with Gasteiger partial charge in [-0.1, -0.05) is 19.1 Å². The van der Waals surface area contributed by atoms with Crippen LogP contribution in [-0.2, 0) is 26.1 Å². The molecule has 0 spiro atoms. The van der Waals surface area contributed by atoms with Crippen molar-refractivity contribution >= 4 is 16.8 Å². The first kappa shape index (κ1) is 14.4. The van der Waals surface area contributed by atoms with Crippen molar-refractivity contribution in [3.63, 3.8) is 0 Å². The van der Waals surface area contributed by atoms with Crippen LogP contribution < -0.4 is 0 Å². The molecule has 0 N–H and O–H groups in total. The van der Waals surface area contributed by atoms with Crippen molar-refractivity contribution in [2.45, 2.75) is 24.3 Å². The molecule has 0 radical (unpaired) electrons. The first-order chi connectivity index (χ1) is 8.56. The molecule has 2 unspecified atom stereocenters. The molecule has 2 atom stereocenters. The molecule has 5 heteroatoms. The zero-order chi connectivity index (χ0) is 13.5. The van der Waals surface area contributed by atoms with Crippen LogP contribution in [0.2, 0.25) is 0 Å². The Morgan fingerprint density at radius 3 is 2.56 bits per heavy atom. The predicted molar refractivity (Wildman–Crippen MR) is 69.1 cm³/mol. The second-order valence-corrected chi connectivity index (χ2v) is 5.78. The van der Waals surface area contributed by atoms with Crippen molar-refractivity contribution in [2.75, 3.05) is 7.11 Å². The van der Waals surface area contributed by atoms with Gasteiger partial charge in [0.1, 0.15) is 0 Å². The molecule has 0 aromatic heterocycles. The summed E-state index contributed by atoms with van der Waals surface area (Å²) in [4.78, 5) is 11.1. The zero-order valence-electron chi connectivity index (χ0n) is 10.4. The van der Waals surface area contributed by atoms with Crippen molar-refractivity contribution in [1.82, 2.24) is 0 Å². The number of rotatable bonds is 5. The number of ether oxygens (including phenoxy) is 1. The van der Waals surface area contributed by atoms with Gasteiger partial charge >= 0.3 is 5.97 Å². The Balaban J connectivity index is 2.58. The van der Waals surface area contributed by atoms with Crippen molar-refractivity contribution in [3.8, 4) is 6.07 Å². The van der Waals surface area contributed by atoms with Crippen molar-refractivity contribution in [2.24, 2.45) is 0 Å². The Morgan fingerprint density at radius 2 is 2.06 bits per heavy atom. The fraction of sp³-hybridized carbons (Fsp3) is 0.385. The van der Waals surface area contributed by atoms with Crippen molar-refractivity contribution in [1.29, 1.82) is 5.26 Å². The summed E-state index contributed by atoms with van der Waals surface area (Å²) in [7, 11) is 0.188. The Morgan fingerprint density at radius 1 is 1.44 bits per heavy atom. The molecule has 0 heterocycles. The third kappa shape index (κ3) is 4.30. The second kappa shape index (κ2) is 6.92. The first-order valence-corrected chi connectivity index (χ1v) is 6.88. The Labute approximate surface area is 109 Å².